The van der Waals surface area contributed by atoms with Crippen molar-refractivity contribution in [2.45, 2.75) is 78.2 Å². The highest BCUT2D eigenvalue weighted by Gasteiger charge is 2.67. The molecule has 4 fully saturated rings. The van der Waals surface area contributed by atoms with Gasteiger partial charge in [0.25, 0.3) is 0 Å². The summed E-state index contributed by atoms with van der Waals surface area (Å²) in [7, 11) is 0. The van der Waals surface area contributed by atoms with E-state index in [9.17, 15) is 9.90 Å². The Morgan fingerprint density at radius 2 is 2.04 bits per heavy atom. The van der Waals surface area contributed by atoms with Crippen LogP contribution < -0.4 is 0 Å². The largest absolute Gasteiger partial charge is 0.462 e. The van der Waals surface area contributed by atoms with Gasteiger partial charge < -0.3 is 9.84 Å². The normalized spacial score (nSPS) is 51.6. The molecule has 0 aromatic carbocycles. The second-order valence-corrected chi connectivity index (χ2v) is 10.2. The first-order valence-corrected chi connectivity index (χ1v) is 10.2. The van der Waals surface area contributed by atoms with Crippen LogP contribution in [0.25, 0.3) is 0 Å². The predicted molar refractivity (Wildman–Crippen MR) is 97.8 cm³/mol. The molecule has 0 aliphatic heterocycles. The van der Waals surface area contributed by atoms with Gasteiger partial charge in [-0.2, -0.15) is 0 Å². The molecule has 0 amide bonds. The average Bonchev–Trinajstić information content (AvgIpc) is 2.79. The smallest absolute Gasteiger partial charge is 0.302 e. The fraction of sp³-hybridized carbons (Fsp3) is 0.864. The van der Waals surface area contributed by atoms with Gasteiger partial charge in [-0.1, -0.05) is 32.4 Å². The summed E-state index contributed by atoms with van der Waals surface area (Å²) >= 11 is 0. The average molecular weight is 347 g/mol. The zero-order valence-corrected chi connectivity index (χ0v) is 16.1. The lowest BCUT2D eigenvalue weighted by Gasteiger charge is -2.65. The molecule has 0 saturated heterocycles. The Hall–Kier alpha value is -0.830. The van der Waals surface area contributed by atoms with Gasteiger partial charge >= 0.3 is 5.97 Å². The van der Waals surface area contributed by atoms with Crippen molar-refractivity contribution in [2.24, 2.45) is 34.0 Å². The van der Waals surface area contributed by atoms with Gasteiger partial charge in [-0.3, -0.25) is 4.79 Å². The van der Waals surface area contributed by atoms with Crippen molar-refractivity contribution < 1.29 is 14.6 Å². The number of hydrogen-bond acceptors (Lipinski definition) is 3. The molecule has 0 aromatic heterocycles. The lowest BCUT2D eigenvalue weighted by Crippen LogP contribution is -2.62. The van der Waals surface area contributed by atoms with E-state index in [1.54, 1.807) is 6.92 Å². The Morgan fingerprint density at radius 1 is 1.28 bits per heavy atom. The van der Waals surface area contributed by atoms with Crippen LogP contribution in [-0.4, -0.2) is 23.8 Å². The summed E-state index contributed by atoms with van der Waals surface area (Å²) in [5, 5.41) is 10.2. The third-order valence-electron chi connectivity index (χ3n) is 8.91. The van der Waals surface area contributed by atoms with Gasteiger partial charge in [-0.05, 0) is 73.5 Å². The van der Waals surface area contributed by atoms with Crippen molar-refractivity contribution >= 4 is 5.97 Å². The minimum Gasteiger partial charge on any atom is -0.462 e. The molecule has 0 heterocycles. The van der Waals surface area contributed by atoms with Gasteiger partial charge in [0.05, 0.1) is 0 Å². The highest BCUT2D eigenvalue weighted by atomic mass is 16.5. The predicted octanol–water partition coefficient (Wildman–Crippen LogP) is 4.49. The van der Waals surface area contributed by atoms with E-state index in [2.05, 4.69) is 20.4 Å². The van der Waals surface area contributed by atoms with Crippen LogP contribution in [0.15, 0.2) is 12.2 Å². The van der Waals surface area contributed by atoms with E-state index in [1.165, 1.54) is 31.3 Å². The van der Waals surface area contributed by atoms with E-state index in [1.807, 2.05) is 0 Å². The van der Waals surface area contributed by atoms with E-state index >= 15 is 0 Å². The van der Waals surface area contributed by atoms with E-state index in [0.29, 0.717) is 17.8 Å². The highest BCUT2D eigenvalue weighted by molar-refractivity contribution is 5.66. The summed E-state index contributed by atoms with van der Waals surface area (Å²) in [4.78, 5) is 11.9. The maximum absolute atomic E-state index is 11.9. The van der Waals surface area contributed by atoms with Crippen molar-refractivity contribution in [1.29, 1.82) is 0 Å². The summed E-state index contributed by atoms with van der Waals surface area (Å²) < 4.78 is 6.00. The standard InChI is InChI=1S/C22H34O3/c1-14-11-22-12-16(14)6-7-17(22)21(4)9-5-8-20(3,13-23)18(21)10-19(22)25-15(2)24/h16-19,23H,1,5-13H2,2-4H3/t16-,17+,18-,19-,20-,21+,22+/m1/s1. The summed E-state index contributed by atoms with van der Waals surface area (Å²) in [6.07, 6.45) is 9.15. The fourth-order valence-corrected chi connectivity index (χ4v) is 7.92. The zero-order chi connectivity index (χ0) is 18.0. The molecule has 0 radical (unpaired) electrons. The first-order chi connectivity index (χ1) is 11.7. The molecule has 4 aliphatic carbocycles. The summed E-state index contributed by atoms with van der Waals surface area (Å²) in [6.45, 7) is 10.9. The van der Waals surface area contributed by atoms with E-state index in [-0.39, 0.29) is 34.9 Å². The Morgan fingerprint density at radius 3 is 2.72 bits per heavy atom. The molecule has 3 heteroatoms. The van der Waals surface area contributed by atoms with Gasteiger partial charge in [-0.25, -0.2) is 0 Å². The van der Waals surface area contributed by atoms with Crippen LogP contribution in [0.1, 0.15) is 72.1 Å². The SMILES string of the molecule is C=C1C[C@]23C[C@H]1CC[C@H]2[C@]1(C)CCC[C@](C)(CO)[C@H]1C[C@H]3OC(C)=O. The molecule has 140 valence electrons. The maximum atomic E-state index is 11.9. The van der Waals surface area contributed by atoms with Crippen molar-refractivity contribution in [1.82, 2.24) is 0 Å². The number of carbonyl (C=O) groups is 1. The molecular weight excluding hydrogens is 312 g/mol. The van der Waals surface area contributed by atoms with E-state index in [4.69, 9.17) is 4.74 Å². The van der Waals surface area contributed by atoms with Gasteiger partial charge in [0.15, 0.2) is 0 Å². The van der Waals surface area contributed by atoms with Crippen LogP contribution in [0.3, 0.4) is 0 Å². The second kappa shape index (κ2) is 5.58. The third kappa shape index (κ3) is 2.30. The molecule has 4 aliphatic rings. The van der Waals surface area contributed by atoms with Gasteiger partial charge in [-0.15, -0.1) is 0 Å². The molecule has 0 aromatic rings. The monoisotopic (exact) mass is 346 g/mol. The van der Waals surface area contributed by atoms with Crippen molar-refractivity contribution in [3.05, 3.63) is 12.2 Å². The number of fused-ring (bicyclic) bond motifs is 3. The first-order valence-electron chi connectivity index (χ1n) is 10.2. The molecular formula is C22H34O3. The van der Waals surface area contributed by atoms with Crippen LogP contribution >= 0.6 is 0 Å². The van der Waals surface area contributed by atoms with Gasteiger partial charge in [0, 0.05) is 18.9 Å². The maximum Gasteiger partial charge on any atom is 0.302 e. The van der Waals surface area contributed by atoms with Crippen molar-refractivity contribution in [3.63, 3.8) is 0 Å². The molecule has 25 heavy (non-hydrogen) atoms. The van der Waals surface area contributed by atoms with Crippen molar-refractivity contribution in [3.8, 4) is 0 Å². The van der Waals surface area contributed by atoms with Gasteiger partial charge in [0.2, 0.25) is 0 Å². The fourth-order valence-electron chi connectivity index (χ4n) is 7.92. The van der Waals surface area contributed by atoms with Crippen LogP contribution in [0.5, 0.6) is 0 Å². The number of allylic oxidation sites excluding steroid dienone is 1. The summed E-state index contributed by atoms with van der Waals surface area (Å²) in [6, 6.07) is 0. The Bertz CT molecular complexity index is 598. The number of aliphatic hydroxyl groups excluding tert-OH is 1. The van der Waals surface area contributed by atoms with E-state index in [0.717, 1.165) is 25.7 Å². The molecule has 3 nitrogen and oxygen atoms in total. The van der Waals surface area contributed by atoms with E-state index < -0.39 is 0 Å². The number of esters is 1. The lowest BCUT2D eigenvalue weighted by molar-refractivity contribution is -0.218. The Kier molecular flexibility index (Phi) is 3.92. The minimum absolute atomic E-state index is 0.000833. The number of hydrogen-bond donors (Lipinski definition) is 1. The molecule has 4 saturated carbocycles. The van der Waals surface area contributed by atoms with Crippen LogP contribution in [0, 0.1) is 34.0 Å². The third-order valence-corrected chi connectivity index (χ3v) is 8.91. The molecule has 1 spiro atoms. The van der Waals surface area contributed by atoms with Crippen LogP contribution in [0.4, 0.5) is 0 Å². The quantitative estimate of drug-likeness (QED) is 0.592. The zero-order valence-electron chi connectivity index (χ0n) is 16.1. The van der Waals surface area contributed by atoms with Crippen molar-refractivity contribution in [2.75, 3.05) is 6.61 Å². The second-order valence-electron chi connectivity index (χ2n) is 10.2. The first kappa shape index (κ1) is 17.6. The number of aliphatic hydroxyl groups is 1. The lowest BCUT2D eigenvalue weighted by atomic mass is 9.40. The van der Waals surface area contributed by atoms with Gasteiger partial charge in [0.1, 0.15) is 6.10 Å². The van der Waals surface area contributed by atoms with Crippen LogP contribution in [0.2, 0.25) is 0 Å². The topological polar surface area (TPSA) is 46.5 Å². The molecule has 4 rings (SSSR count). The number of ether oxygens (including phenoxy) is 1. The highest BCUT2D eigenvalue weighted by Crippen LogP contribution is 2.72. The molecule has 1 N–H and O–H groups in total. The number of carbonyl (C=O) groups excluding carboxylic acids is 1. The number of rotatable bonds is 2. The Labute approximate surface area is 152 Å². The summed E-state index contributed by atoms with van der Waals surface area (Å²) in [5.74, 6) is 1.50. The molecule has 0 unspecified atom stereocenters. The molecule has 7 atom stereocenters. The Balaban J connectivity index is 1.80. The van der Waals surface area contributed by atoms with Crippen LogP contribution in [-0.2, 0) is 9.53 Å². The molecule has 2 bridgehead atoms. The summed E-state index contributed by atoms with van der Waals surface area (Å²) in [5.41, 5.74) is 1.70. The minimum atomic E-state index is -0.150.